The summed E-state index contributed by atoms with van der Waals surface area (Å²) < 4.78 is 1.65. The minimum atomic E-state index is -0.0599. The van der Waals surface area contributed by atoms with Crippen LogP contribution in [0.25, 0.3) is 5.78 Å². The molecule has 0 fully saturated rings. The van der Waals surface area contributed by atoms with Gasteiger partial charge in [0.05, 0.1) is 11.4 Å². The van der Waals surface area contributed by atoms with Gasteiger partial charge in [-0.05, 0) is 37.1 Å². The summed E-state index contributed by atoms with van der Waals surface area (Å²) in [7, 11) is 0. The van der Waals surface area contributed by atoms with Crippen molar-refractivity contribution in [3.8, 4) is 0 Å². The predicted octanol–water partition coefficient (Wildman–Crippen LogP) is 4.17. The van der Waals surface area contributed by atoms with Crippen LogP contribution in [0, 0.1) is 13.8 Å². The van der Waals surface area contributed by atoms with Crippen LogP contribution >= 0.6 is 23.1 Å². The van der Waals surface area contributed by atoms with Gasteiger partial charge in [0, 0.05) is 30.5 Å². The molecular weight excluding hydrogens is 392 g/mol. The van der Waals surface area contributed by atoms with Crippen LogP contribution in [0.5, 0.6) is 0 Å². The van der Waals surface area contributed by atoms with E-state index in [0.717, 1.165) is 22.5 Å². The van der Waals surface area contributed by atoms with Gasteiger partial charge in [-0.2, -0.15) is 4.98 Å². The normalized spacial score (nSPS) is 11.1. The summed E-state index contributed by atoms with van der Waals surface area (Å²) in [6.07, 6.45) is 3.50. The van der Waals surface area contributed by atoms with Gasteiger partial charge in [0.25, 0.3) is 5.78 Å². The smallest absolute Gasteiger partial charge is 0.253 e. The van der Waals surface area contributed by atoms with E-state index in [1.165, 1.54) is 23.1 Å². The van der Waals surface area contributed by atoms with Crippen LogP contribution in [-0.4, -0.2) is 30.5 Å². The number of carbonyl (C=O) groups excluding carboxylic acids is 1. The summed E-state index contributed by atoms with van der Waals surface area (Å²) in [5.74, 6) is 1.13. The number of amides is 1. The molecule has 0 atom stereocenters. The Labute approximate surface area is 170 Å². The average molecular weight is 411 g/mol. The SMILES string of the molecule is CC(=O)N(c1nc(CSc2nc3ncccn3n2)cs1)c1cccc(C)c1C. The van der Waals surface area contributed by atoms with Gasteiger partial charge in [-0.3, -0.25) is 9.69 Å². The van der Waals surface area contributed by atoms with Crippen molar-refractivity contribution in [1.82, 2.24) is 24.6 Å². The maximum atomic E-state index is 12.4. The van der Waals surface area contributed by atoms with E-state index in [4.69, 9.17) is 0 Å². The Morgan fingerprint density at radius 1 is 1.25 bits per heavy atom. The number of aromatic nitrogens is 5. The average Bonchev–Trinajstić information content (AvgIpc) is 3.30. The molecule has 0 radical (unpaired) electrons. The van der Waals surface area contributed by atoms with Crippen molar-refractivity contribution in [1.29, 1.82) is 0 Å². The minimum Gasteiger partial charge on any atom is -0.274 e. The number of thioether (sulfide) groups is 1. The molecule has 0 aliphatic carbocycles. The third kappa shape index (κ3) is 3.63. The number of benzene rings is 1. The van der Waals surface area contributed by atoms with Gasteiger partial charge in [-0.1, -0.05) is 23.9 Å². The van der Waals surface area contributed by atoms with Crippen LogP contribution in [0.3, 0.4) is 0 Å². The molecule has 3 heterocycles. The Hall–Kier alpha value is -2.78. The van der Waals surface area contributed by atoms with Crippen LogP contribution < -0.4 is 4.90 Å². The summed E-state index contributed by atoms with van der Waals surface area (Å²) in [6, 6.07) is 7.76. The van der Waals surface area contributed by atoms with E-state index in [0.29, 0.717) is 21.8 Å². The van der Waals surface area contributed by atoms with Crippen molar-refractivity contribution in [2.45, 2.75) is 31.7 Å². The largest absolute Gasteiger partial charge is 0.274 e. The monoisotopic (exact) mass is 410 g/mol. The van der Waals surface area contributed by atoms with Crippen LogP contribution in [0.15, 0.2) is 47.2 Å². The van der Waals surface area contributed by atoms with Crippen molar-refractivity contribution in [2.75, 3.05) is 4.90 Å². The lowest BCUT2D eigenvalue weighted by Crippen LogP contribution is -2.23. The number of thiazole rings is 1. The maximum absolute atomic E-state index is 12.4. The highest BCUT2D eigenvalue weighted by molar-refractivity contribution is 7.98. The number of anilines is 2. The number of carbonyl (C=O) groups is 1. The highest BCUT2D eigenvalue weighted by Gasteiger charge is 2.20. The van der Waals surface area contributed by atoms with Gasteiger partial charge in [-0.15, -0.1) is 16.4 Å². The Balaban J connectivity index is 1.55. The van der Waals surface area contributed by atoms with Crippen molar-refractivity contribution in [2.24, 2.45) is 0 Å². The maximum Gasteiger partial charge on any atom is 0.253 e. The highest BCUT2D eigenvalue weighted by atomic mass is 32.2. The predicted molar refractivity (Wildman–Crippen MR) is 111 cm³/mol. The summed E-state index contributed by atoms with van der Waals surface area (Å²) in [5, 5.41) is 7.67. The summed E-state index contributed by atoms with van der Waals surface area (Å²) in [6.45, 7) is 5.62. The van der Waals surface area contributed by atoms with Crippen LogP contribution in [0.4, 0.5) is 10.8 Å². The second-order valence-corrected chi connectivity index (χ2v) is 8.02. The van der Waals surface area contributed by atoms with Gasteiger partial charge in [-0.25, -0.2) is 14.5 Å². The van der Waals surface area contributed by atoms with Crippen molar-refractivity contribution in [3.63, 3.8) is 0 Å². The molecule has 4 rings (SSSR count). The fraction of sp³-hybridized carbons (Fsp3) is 0.211. The van der Waals surface area contributed by atoms with E-state index in [9.17, 15) is 4.79 Å². The molecule has 0 N–H and O–H groups in total. The Morgan fingerprint density at radius 3 is 2.89 bits per heavy atom. The molecule has 0 aliphatic heterocycles. The van der Waals surface area contributed by atoms with Crippen molar-refractivity contribution in [3.05, 3.63) is 58.9 Å². The quantitative estimate of drug-likeness (QED) is 0.460. The summed E-state index contributed by atoms with van der Waals surface area (Å²) >= 11 is 2.95. The molecule has 9 heteroatoms. The number of aryl methyl sites for hydroxylation is 1. The molecule has 3 aromatic heterocycles. The standard InChI is InChI=1S/C19H18N6OS2/c1-12-6-4-7-16(13(12)2)25(14(3)26)19-21-15(11-28-19)10-27-18-22-17-20-8-5-9-24(17)23-18/h4-9,11H,10H2,1-3H3. The van der Waals surface area contributed by atoms with E-state index in [-0.39, 0.29) is 5.91 Å². The molecule has 0 unspecified atom stereocenters. The molecule has 1 amide bonds. The van der Waals surface area contributed by atoms with Gasteiger partial charge in [0.1, 0.15) is 0 Å². The first-order chi connectivity index (χ1) is 13.5. The van der Waals surface area contributed by atoms with E-state index >= 15 is 0 Å². The Bertz CT molecular complexity index is 1120. The zero-order chi connectivity index (χ0) is 19.7. The Morgan fingerprint density at radius 2 is 2.11 bits per heavy atom. The molecule has 1 aromatic carbocycles. The summed E-state index contributed by atoms with van der Waals surface area (Å²) in [5.41, 5.74) is 3.97. The molecule has 142 valence electrons. The fourth-order valence-electron chi connectivity index (χ4n) is 2.76. The number of rotatable bonds is 5. The van der Waals surface area contributed by atoms with Crippen molar-refractivity contribution < 1.29 is 4.79 Å². The van der Waals surface area contributed by atoms with E-state index in [1.54, 1.807) is 22.5 Å². The lowest BCUT2D eigenvalue weighted by atomic mass is 10.1. The molecule has 0 saturated heterocycles. The van der Waals surface area contributed by atoms with E-state index < -0.39 is 0 Å². The molecule has 4 aromatic rings. The van der Waals surface area contributed by atoms with E-state index in [2.05, 4.69) is 20.1 Å². The third-order valence-electron chi connectivity index (χ3n) is 4.31. The first kappa shape index (κ1) is 18.6. The molecule has 0 aliphatic rings. The fourth-order valence-corrected chi connectivity index (χ4v) is 4.47. The number of hydrogen-bond donors (Lipinski definition) is 0. The van der Waals surface area contributed by atoms with Crippen LogP contribution in [0.2, 0.25) is 0 Å². The zero-order valence-corrected chi connectivity index (χ0v) is 17.3. The van der Waals surface area contributed by atoms with Crippen molar-refractivity contribution >= 4 is 45.6 Å². The molecule has 0 bridgehead atoms. The van der Waals surface area contributed by atoms with Gasteiger partial charge in [0.15, 0.2) is 5.13 Å². The number of nitrogens with zero attached hydrogens (tertiary/aromatic N) is 6. The second kappa shape index (κ2) is 7.69. The lowest BCUT2D eigenvalue weighted by Gasteiger charge is -2.21. The third-order valence-corrected chi connectivity index (χ3v) is 6.05. The van der Waals surface area contributed by atoms with Gasteiger partial charge >= 0.3 is 0 Å². The Kier molecular flexibility index (Phi) is 5.10. The second-order valence-electron chi connectivity index (χ2n) is 6.24. The first-order valence-electron chi connectivity index (χ1n) is 8.64. The number of fused-ring (bicyclic) bond motifs is 1. The molecule has 0 spiro atoms. The highest BCUT2D eigenvalue weighted by Crippen LogP contribution is 2.33. The van der Waals surface area contributed by atoms with Crippen LogP contribution in [-0.2, 0) is 10.5 Å². The minimum absolute atomic E-state index is 0.0599. The topological polar surface area (TPSA) is 76.3 Å². The molecule has 7 nitrogen and oxygen atoms in total. The van der Waals surface area contributed by atoms with Gasteiger partial charge < -0.3 is 0 Å². The summed E-state index contributed by atoms with van der Waals surface area (Å²) in [4.78, 5) is 27.3. The number of hydrogen-bond acceptors (Lipinski definition) is 7. The lowest BCUT2D eigenvalue weighted by molar-refractivity contribution is -0.115. The van der Waals surface area contributed by atoms with Crippen LogP contribution in [0.1, 0.15) is 23.7 Å². The van der Waals surface area contributed by atoms with E-state index in [1.807, 2.05) is 49.7 Å². The van der Waals surface area contributed by atoms with Gasteiger partial charge in [0.2, 0.25) is 11.1 Å². The molecular formula is C19H18N6OS2. The molecule has 0 saturated carbocycles. The zero-order valence-electron chi connectivity index (χ0n) is 15.7. The first-order valence-corrected chi connectivity index (χ1v) is 10.5. The molecule has 28 heavy (non-hydrogen) atoms.